The number of aromatic nitrogens is 1. The number of anilines is 1. The van der Waals surface area contributed by atoms with Crippen molar-refractivity contribution in [2.24, 2.45) is 0 Å². The Bertz CT molecular complexity index is 633. The summed E-state index contributed by atoms with van der Waals surface area (Å²) in [4.78, 5) is 20.4. The van der Waals surface area contributed by atoms with Crippen LogP contribution >= 0.6 is 11.6 Å². The molecule has 0 fully saturated rings. The maximum absolute atomic E-state index is 12.9. The topological polar surface area (TPSA) is 36.4 Å². The van der Waals surface area contributed by atoms with Crippen LogP contribution in [0.3, 0.4) is 0 Å². The van der Waals surface area contributed by atoms with E-state index in [2.05, 4.69) is 11.9 Å². The monoisotopic (exact) mass is 331 g/mol. The van der Waals surface area contributed by atoms with E-state index >= 15 is 0 Å². The van der Waals surface area contributed by atoms with Crippen LogP contribution in [0.15, 0.2) is 48.8 Å². The molecule has 2 amide bonds. The van der Waals surface area contributed by atoms with Crippen LogP contribution in [-0.4, -0.2) is 29.5 Å². The molecule has 1 aromatic carbocycles. The van der Waals surface area contributed by atoms with Gasteiger partial charge < -0.3 is 4.90 Å². The molecule has 0 aliphatic rings. The molecule has 0 spiro atoms. The van der Waals surface area contributed by atoms with Crippen molar-refractivity contribution in [2.45, 2.75) is 26.3 Å². The Morgan fingerprint density at radius 3 is 2.52 bits per heavy atom. The van der Waals surface area contributed by atoms with Gasteiger partial charge in [-0.05, 0) is 36.2 Å². The summed E-state index contributed by atoms with van der Waals surface area (Å²) in [6.45, 7) is 3.40. The van der Waals surface area contributed by atoms with Crippen LogP contribution in [0, 0.1) is 0 Å². The third kappa shape index (κ3) is 4.70. The number of urea groups is 1. The molecule has 0 saturated heterocycles. The predicted molar refractivity (Wildman–Crippen MR) is 94.8 cm³/mol. The minimum atomic E-state index is -0.0524. The van der Waals surface area contributed by atoms with Crippen LogP contribution in [0.5, 0.6) is 0 Å². The van der Waals surface area contributed by atoms with E-state index in [1.807, 2.05) is 35.2 Å². The van der Waals surface area contributed by atoms with Gasteiger partial charge in [0.25, 0.3) is 0 Å². The first-order valence-electron chi connectivity index (χ1n) is 7.79. The highest BCUT2D eigenvalue weighted by Gasteiger charge is 2.20. The molecule has 0 saturated carbocycles. The Kier molecular flexibility index (Phi) is 6.41. The molecular formula is C18H22ClN3O. The Hall–Kier alpha value is -2.07. The van der Waals surface area contributed by atoms with Gasteiger partial charge in [0, 0.05) is 32.5 Å². The molecular weight excluding hydrogens is 310 g/mol. The molecule has 2 aromatic rings. The summed E-state index contributed by atoms with van der Waals surface area (Å²) in [5, 5.41) is 0.572. The van der Waals surface area contributed by atoms with Gasteiger partial charge in [0.2, 0.25) is 0 Å². The van der Waals surface area contributed by atoms with Crippen molar-refractivity contribution in [1.82, 2.24) is 9.88 Å². The summed E-state index contributed by atoms with van der Waals surface area (Å²) < 4.78 is 0. The summed E-state index contributed by atoms with van der Waals surface area (Å²) in [5.41, 5.74) is 1.78. The fraction of sp³-hybridized carbons (Fsp3) is 0.333. The van der Waals surface area contributed by atoms with Gasteiger partial charge in [-0.15, -0.1) is 0 Å². The smallest absolute Gasteiger partial charge is 0.320 e. The van der Waals surface area contributed by atoms with Gasteiger partial charge in [-0.3, -0.25) is 9.88 Å². The Morgan fingerprint density at radius 2 is 1.87 bits per heavy atom. The maximum Gasteiger partial charge on any atom is 0.324 e. The summed E-state index contributed by atoms with van der Waals surface area (Å²) in [7, 11) is 1.76. The standard InChI is InChI=1S/C18H22ClN3O/c1-3-4-13-22(14-15-9-11-20-12-10-15)18(23)21(2)17-8-6-5-7-16(17)19/h5-12H,3-4,13-14H2,1-2H3. The number of hydrogen-bond donors (Lipinski definition) is 0. The van der Waals surface area contributed by atoms with Crippen molar-refractivity contribution < 1.29 is 4.79 Å². The number of carbonyl (C=O) groups is 1. The average Bonchev–Trinajstić information content (AvgIpc) is 2.58. The van der Waals surface area contributed by atoms with Crippen molar-refractivity contribution in [2.75, 3.05) is 18.5 Å². The highest BCUT2D eigenvalue weighted by molar-refractivity contribution is 6.33. The molecule has 1 heterocycles. The van der Waals surface area contributed by atoms with Gasteiger partial charge in [-0.2, -0.15) is 0 Å². The first kappa shape index (κ1) is 17.3. The van der Waals surface area contributed by atoms with Crippen molar-refractivity contribution in [3.05, 3.63) is 59.4 Å². The lowest BCUT2D eigenvalue weighted by atomic mass is 10.2. The maximum atomic E-state index is 12.9. The van der Waals surface area contributed by atoms with E-state index in [-0.39, 0.29) is 6.03 Å². The fourth-order valence-electron chi connectivity index (χ4n) is 2.34. The van der Waals surface area contributed by atoms with Crippen LogP contribution in [0.4, 0.5) is 10.5 Å². The molecule has 1 aromatic heterocycles. The fourth-order valence-corrected chi connectivity index (χ4v) is 2.60. The van der Waals surface area contributed by atoms with Crippen molar-refractivity contribution >= 4 is 23.3 Å². The van der Waals surface area contributed by atoms with Crippen LogP contribution < -0.4 is 4.90 Å². The molecule has 0 aliphatic carbocycles. The number of benzene rings is 1. The lowest BCUT2D eigenvalue weighted by Gasteiger charge is -2.29. The van der Waals surface area contributed by atoms with Gasteiger partial charge in [0.1, 0.15) is 0 Å². The van der Waals surface area contributed by atoms with E-state index in [1.54, 1.807) is 30.4 Å². The van der Waals surface area contributed by atoms with Gasteiger partial charge in [0.05, 0.1) is 10.7 Å². The Labute approximate surface area is 142 Å². The molecule has 122 valence electrons. The van der Waals surface area contributed by atoms with Gasteiger partial charge in [0.15, 0.2) is 0 Å². The minimum Gasteiger partial charge on any atom is -0.320 e. The number of nitrogens with zero attached hydrogens (tertiary/aromatic N) is 3. The molecule has 4 nitrogen and oxygen atoms in total. The highest BCUT2D eigenvalue weighted by atomic mass is 35.5. The van der Waals surface area contributed by atoms with Crippen LogP contribution in [0.1, 0.15) is 25.3 Å². The second kappa shape index (κ2) is 8.53. The number of rotatable bonds is 6. The van der Waals surface area contributed by atoms with E-state index in [9.17, 15) is 4.79 Å². The largest absolute Gasteiger partial charge is 0.324 e. The predicted octanol–water partition coefficient (Wildman–Crippen LogP) is 4.59. The van der Waals surface area contributed by atoms with E-state index in [0.29, 0.717) is 18.1 Å². The van der Waals surface area contributed by atoms with Gasteiger partial charge in [-0.1, -0.05) is 37.1 Å². The molecule has 5 heteroatoms. The summed E-state index contributed by atoms with van der Waals surface area (Å²) in [5.74, 6) is 0. The van der Waals surface area contributed by atoms with E-state index in [0.717, 1.165) is 24.1 Å². The summed E-state index contributed by atoms with van der Waals surface area (Å²) >= 11 is 6.21. The molecule has 2 rings (SSSR count). The van der Waals surface area contributed by atoms with Crippen molar-refractivity contribution in [1.29, 1.82) is 0 Å². The zero-order chi connectivity index (χ0) is 16.7. The molecule has 0 N–H and O–H groups in total. The molecule has 0 unspecified atom stereocenters. The van der Waals surface area contributed by atoms with Crippen molar-refractivity contribution in [3.63, 3.8) is 0 Å². The highest BCUT2D eigenvalue weighted by Crippen LogP contribution is 2.25. The van der Waals surface area contributed by atoms with E-state index in [1.165, 1.54) is 0 Å². The zero-order valence-electron chi connectivity index (χ0n) is 13.6. The van der Waals surface area contributed by atoms with Gasteiger partial charge in [-0.25, -0.2) is 4.79 Å². The Balaban J connectivity index is 2.17. The number of hydrogen-bond acceptors (Lipinski definition) is 2. The number of pyridine rings is 1. The number of halogens is 1. The van der Waals surface area contributed by atoms with Crippen LogP contribution in [0.2, 0.25) is 5.02 Å². The van der Waals surface area contributed by atoms with E-state index < -0.39 is 0 Å². The third-order valence-electron chi connectivity index (χ3n) is 3.68. The normalized spacial score (nSPS) is 10.4. The quantitative estimate of drug-likeness (QED) is 0.776. The SMILES string of the molecule is CCCCN(Cc1ccncc1)C(=O)N(C)c1ccccc1Cl. The summed E-state index contributed by atoms with van der Waals surface area (Å²) in [6.07, 6.45) is 5.49. The second-order valence-electron chi connectivity index (χ2n) is 5.42. The zero-order valence-corrected chi connectivity index (χ0v) is 14.3. The average molecular weight is 332 g/mol. The third-order valence-corrected chi connectivity index (χ3v) is 4.00. The van der Waals surface area contributed by atoms with E-state index in [4.69, 9.17) is 11.6 Å². The molecule has 0 radical (unpaired) electrons. The Morgan fingerprint density at radius 1 is 1.17 bits per heavy atom. The van der Waals surface area contributed by atoms with Crippen LogP contribution in [0.25, 0.3) is 0 Å². The van der Waals surface area contributed by atoms with Crippen molar-refractivity contribution in [3.8, 4) is 0 Å². The van der Waals surface area contributed by atoms with Gasteiger partial charge >= 0.3 is 6.03 Å². The number of carbonyl (C=O) groups excluding carboxylic acids is 1. The van der Waals surface area contributed by atoms with Crippen LogP contribution in [-0.2, 0) is 6.54 Å². The second-order valence-corrected chi connectivity index (χ2v) is 5.83. The molecule has 0 aliphatic heterocycles. The molecule has 0 bridgehead atoms. The number of amides is 2. The molecule has 0 atom stereocenters. The first-order valence-corrected chi connectivity index (χ1v) is 8.17. The first-order chi connectivity index (χ1) is 11.1. The summed E-state index contributed by atoms with van der Waals surface area (Å²) in [6, 6.07) is 11.2. The lowest BCUT2D eigenvalue weighted by molar-refractivity contribution is 0.202. The lowest BCUT2D eigenvalue weighted by Crippen LogP contribution is -2.41. The number of para-hydroxylation sites is 1. The number of unbranched alkanes of at least 4 members (excludes halogenated alkanes) is 1. The minimum absolute atomic E-state index is 0.0524. The molecule has 23 heavy (non-hydrogen) atoms.